The van der Waals surface area contributed by atoms with Crippen molar-refractivity contribution in [3.8, 4) is 11.4 Å². The molecule has 1 heterocycles. The number of carbonyl (C=O) groups excluding carboxylic acids is 2. The first-order valence-corrected chi connectivity index (χ1v) is 11.6. The van der Waals surface area contributed by atoms with Crippen LogP contribution in [0.15, 0.2) is 90.0 Å². The maximum atomic E-state index is 12.3. The van der Waals surface area contributed by atoms with Crippen molar-refractivity contribution in [1.29, 1.82) is 0 Å². The van der Waals surface area contributed by atoms with Gasteiger partial charge in [0, 0.05) is 28.3 Å². The molecule has 36 heavy (non-hydrogen) atoms. The molecular formula is C29H28N4O3. The molecule has 3 aromatic carbocycles. The summed E-state index contributed by atoms with van der Waals surface area (Å²) in [6, 6.07) is 26.9. The molecule has 0 unspecified atom stereocenters. The second-order valence-corrected chi connectivity index (χ2v) is 8.45. The summed E-state index contributed by atoms with van der Waals surface area (Å²) in [5.74, 6) is -1.01. The van der Waals surface area contributed by atoms with Crippen molar-refractivity contribution in [3.63, 3.8) is 0 Å². The van der Waals surface area contributed by atoms with E-state index in [0.717, 1.165) is 28.2 Å². The highest BCUT2D eigenvalue weighted by Gasteiger charge is 2.14. The Labute approximate surface area is 210 Å². The molecule has 0 atom stereocenters. The molecule has 0 fully saturated rings. The lowest BCUT2D eigenvalue weighted by Gasteiger charge is -2.09. The number of amides is 2. The first kappa shape index (κ1) is 24.5. The number of benzene rings is 3. The predicted molar refractivity (Wildman–Crippen MR) is 142 cm³/mol. The van der Waals surface area contributed by atoms with Crippen LogP contribution in [0.1, 0.15) is 28.1 Å². The number of aryl methyl sites for hydroxylation is 2. The summed E-state index contributed by atoms with van der Waals surface area (Å²) in [7, 11) is 0. The zero-order chi connectivity index (χ0) is 25.5. The molecule has 7 heteroatoms. The van der Waals surface area contributed by atoms with Crippen LogP contribution in [0.4, 0.5) is 5.69 Å². The van der Waals surface area contributed by atoms with E-state index in [-0.39, 0.29) is 0 Å². The Morgan fingerprint density at radius 1 is 0.889 bits per heavy atom. The van der Waals surface area contributed by atoms with Crippen molar-refractivity contribution in [2.75, 3.05) is 5.32 Å². The Kier molecular flexibility index (Phi) is 7.60. The molecular weight excluding hydrogens is 452 g/mol. The van der Waals surface area contributed by atoms with Crippen LogP contribution in [0.2, 0.25) is 0 Å². The minimum absolute atomic E-state index is 0.445. The summed E-state index contributed by atoms with van der Waals surface area (Å²) in [5, 5.41) is 6.53. The average Bonchev–Trinajstić information content (AvgIpc) is 3.17. The lowest BCUT2D eigenvalue weighted by molar-refractivity contribution is -0.136. The Balaban J connectivity index is 1.30. The second kappa shape index (κ2) is 11.2. The third-order valence-corrected chi connectivity index (χ3v) is 5.70. The van der Waals surface area contributed by atoms with E-state index in [1.54, 1.807) is 24.3 Å². The highest BCUT2D eigenvalue weighted by molar-refractivity contribution is 6.39. The molecule has 0 bridgehead atoms. The molecule has 0 saturated carbocycles. The Hall–Kier alpha value is -4.65. The van der Waals surface area contributed by atoms with Crippen molar-refractivity contribution in [1.82, 2.24) is 9.99 Å². The normalized spacial score (nSPS) is 10.9. The average molecular weight is 481 g/mol. The van der Waals surface area contributed by atoms with Crippen LogP contribution in [0.5, 0.6) is 5.75 Å². The van der Waals surface area contributed by atoms with Gasteiger partial charge in [-0.05, 0) is 68.8 Å². The van der Waals surface area contributed by atoms with Crippen LogP contribution in [-0.2, 0) is 16.2 Å². The number of nitrogens with zero attached hydrogens (tertiary/aromatic N) is 2. The number of rotatable bonds is 7. The zero-order valence-corrected chi connectivity index (χ0v) is 20.5. The first-order chi connectivity index (χ1) is 17.4. The Morgan fingerprint density at radius 3 is 2.28 bits per heavy atom. The standard InChI is InChI=1S/C29H28N4O3/c1-20-9-13-26(14-10-20)33-21(2)17-24(22(33)3)18-30-32-29(35)28(34)31-25-11-15-27(16-12-25)36-19-23-7-5-4-6-8-23/h4-18H,19H2,1-3H3,(H,31,34)(H,32,35)/b30-18-. The topological polar surface area (TPSA) is 84.7 Å². The van der Waals surface area contributed by atoms with Gasteiger partial charge in [-0.25, -0.2) is 5.43 Å². The van der Waals surface area contributed by atoms with Gasteiger partial charge in [0.2, 0.25) is 0 Å². The highest BCUT2D eigenvalue weighted by Crippen LogP contribution is 2.20. The summed E-state index contributed by atoms with van der Waals surface area (Å²) in [6.07, 6.45) is 1.54. The number of hydrazone groups is 1. The molecule has 2 amide bonds. The molecule has 2 N–H and O–H groups in total. The number of nitrogens with one attached hydrogen (secondary N) is 2. The second-order valence-electron chi connectivity index (χ2n) is 8.45. The van der Waals surface area contributed by atoms with Gasteiger partial charge in [0.05, 0.1) is 6.21 Å². The fraction of sp³-hybridized carbons (Fsp3) is 0.138. The van der Waals surface area contributed by atoms with Gasteiger partial charge in [-0.1, -0.05) is 48.0 Å². The van der Waals surface area contributed by atoms with E-state index in [1.807, 2.05) is 57.2 Å². The molecule has 0 saturated heterocycles. The van der Waals surface area contributed by atoms with Crippen molar-refractivity contribution < 1.29 is 14.3 Å². The summed E-state index contributed by atoms with van der Waals surface area (Å²) >= 11 is 0. The van der Waals surface area contributed by atoms with Crippen LogP contribution in [0, 0.1) is 20.8 Å². The number of hydrogen-bond acceptors (Lipinski definition) is 4. The van der Waals surface area contributed by atoms with Gasteiger partial charge in [-0.15, -0.1) is 0 Å². The number of ether oxygens (including phenoxy) is 1. The van der Waals surface area contributed by atoms with Crippen molar-refractivity contribution >= 4 is 23.7 Å². The third-order valence-electron chi connectivity index (χ3n) is 5.70. The quantitative estimate of drug-likeness (QED) is 0.220. The minimum atomic E-state index is -0.858. The Bertz CT molecular complexity index is 1370. The Morgan fingerprint density at radius 2 is 1.58 bits per heavy atom. The lowest BCUT2D eigenvalue weighted by atomic mass is 10.2. The summed E-state index contributed by atoms with van der Waals surface area (Å²) < 4.78 is 7.85. The van der Waals surface area contributed by atoms with Crippen LogP contribution >= 0.6 is 0 Å². The van der Waals surface area contributed by atoms with Crippen molar-refractivity contribution in [2.45, 2.75) is 27.4 Å². The maximum Gasteiger partial charge on any atom is 0.329 e. The first-order valence-electron chi connectivity index (χ1n) is 11.6. The van der Waals surface area contributed by atoms with Crippen LogP contribution in [0.25, 0.3) is 5.69 Å². The fourth-order valence-electron chi connectivity index (χ4n) is 3.78. The number of hydrogen-bond donors (Lipinski definition) is 2. The van der Waals surface area contributed by atoms with Gasteiger partial charge in [0.25, 0.3) is 0 Å². The number of aromatic nitrogens is 1. The van der Waals surface area contributed by atoms with Gasteiger partial charge in [0.15, 0.2) is 0 Å². The van der Waals surface area contributed by atoms with E-state index in [9.17, 15) is 9.59 Å². The molecule has 0 aliphatic heterocycles. The molecule has 4 aromatic rings. The van der Waals surface area contributed by atoms with Gasteiger partial charge in [-0.3, -0.25) is 9.59 Å². The lowest BCUT2D eigenvalue weighted by Crippen LogP contribution is -2.32. The van der Waals surface area contributed by atoms with Gasteiger partial charge < -0.3 is 14.6 Å². The largest absolute Gasteiger partial charge is 0.489 e. The number of carbonyl (C=O) groups is 2. The molecule has 0 aliphatic carbocycles. The highest BCUT2D eigenvalue weighted by atomic mass is 16.5. The summed E-state index contributed by atoms with van der Waals surface area (Å²) in [5.41, 5.74) is 8.94. The fourth-order valence-corrected chi connectivity index (χ4v) is 3.78. The monoisotopic (exact) mass is 480 g/mol. The zero-order valence-electron chi connectivity index (χ0n) is 20.5. The summed E-state index contributed by atoms with van der Waals surface area (Å²) in [6.45, 7) is 6.48. The molecule has 1 aromatic heterocycles. The summed E-state index contributed by atoms with van der Waals surface area (Å²) in [4.78, 5) is 24.5. The third kappa shape index (κ3) is 6.07. The van der Waals surface area contributed by atoms with Crippen LogP contribution < -0.4 is 15.5 Å². The SMILES string of the molecule is Cc1ccc(-n2c(C)cc(/C=N\NC(=O)C(=O)Nc3ccc(OCc4ccccc4)cc3)c2C)cc1. The molecule has 0 aliphatic rings. The van der Waals surface area contributed by atoms with Crippen LogP contribution in [-0.4, -0.2) is 22.6 Å². The number of anilines is 1. The van der Waals surface area contributed by atoms with Gasteiger partial charge in [-0.2, -0.15) is 5.10 Å². The molecule has 0 radical (unpaired) electrons. The van der Waals surface area contributed by atoms with E-state index >= 15 is 0 Å². The van der Waals surface area contributed by atoms with Gasteiger partial charge >= 0.3 is 11.8 Å². The van der Waals surface area contributed by atoms with E-state index in [2.05, 4.69) is 44.7 Å². The molecule has 182 valence electrons. The van der Waals surface area contributed by atoms with E-state index in [1.165, 1.54) is 11.8 Å². The maximum absolute atomic E-state index is 12.3. The predicted octanol–water partition coefficient (Wildman–Crippen LogP) is 5.07. The van der Waals surface area contributed by atoms with E-state index in [4.69, 9.17) is 4.74 Å². The van der Waals surface area contributed by atoms with Crippen LogP contribution in [0.3, 0.4) is 0 Å². The molecule has 0 spiro atoms. The van der Waals surface area contributed by atoms with E-state index < -0.39 is 11.8 Å². The molecule has 7 nitrogen and oxygen atoms in total. The molecule has 4 rings (SSSR count). The van der Waals surface area contributed by atoms with Crippen molar-refractivity contribution in [2.24, 2.45) is 5.10 Å². The van der Waals surface area contributed by atoms with Gasteiger partial charge in [0.1, 0.15) is 12.4 Å². The smallest absolute Gasteiger partial charge is 0.329 e. The van der Waals surface area contributed by atoms with E-state index in [0.29, 0.717) is 18.0 Å². The minimum Gasteiger partial charge on any atom is -0.489 e. The van der Waals surface area contributed by atoms with Crippen molar-refractivity contribution in [3.05, 3.63) is 113 Å².